The van der Waals surface area contributed by atoms with Gasteiger partial charge in [-0.25, -0.2) is 0 Å². The number of hydrogen-bond donors (Lipinski definition) is 1. The number of unbranched alkanes of at least 4 members (excludes halogenated alkanes) is 17. The summed E-state index contributed by atoms with van der Waals surface area (Å²) in [6.07, 6.45) is 27.0. The molecule has 1 N–H and O–H groups in total. The Hall–Kier alpha value is 0.120. The van der Waals surface area contributed by atoms with Crippen LogP contribution >= 0.6 is 0 Å². The molecule has 0 aliphatic carbocycles. The molecule has 7 heteroatoms. The Morgan fingerprint density at radius 1 is 0.774 bits per heavy atom. The Labute approximate surface area is 214 Å². The maximum atomic E-state index is 11.4. The van der Waals surface area contributed by atoms with Crippen molar-refractivity contribution in [3.05, 3.63) is 12.2 Å². The first-order valence-electron chi connectivity index (χ1n) is 12.3. The van der Waals surface area contributed by atoms with Gasteiger partial charge >= 0.3 is 29.6 Å². The van der Waals surface area contributed by atoms with E-state index in [1.807, 2.05) is 0 Å². The van der Waals surface area contributed by atoms with Gasteiger partial charge in [-0.1, -0.05) is 122 Å². The molecule has 0 rings (SSSR count). The molecular weight excluding hydrogens is 421 g/mol. The van der Waals surface area contributed by atoms with E-state index in [9.17, 15) is 13.5 Å². The summed E-state index contributed by atoms with van der Waals surface area (Å²) in [6, 6.07) is 0. The molecule has 0 unspecified atom stereocenters. The van der Waals surface area contributed by atoms with Crippen LogP contribution in [0.3, 0.4) is 0 Å². The van der Waals surface area contributed by atoms with E-state index >= 15 is 0 Å². The number of allylic oxidation sites excluding steroid dienone is 1. The quantitative estimate of drug-likeness (QED) is 0.0870. The van der Waals surface area contributed by atoms with Gasteiger partial charge in [0.05, 0.1) is 12.3 Å². The smallest absolute Gasteiger partial charge is 0.859 e. The van der Waals surface area contributed by atoms with Crippen molar-refractivity contribution in [2.45, 2.75) is 122 Å². The average Bonchev–Trinajstić information content (AvgIpc) is 2.68. The predicted octanol–water partition coefficient (Wildman–Crippen LogP) is 3.23. The monoisotopic (exact) mass is 467 g/mol. The Kier molecular flexibility index (Phi) is 26.6. The molecule has 0 aromatic rings. The second-order valence-electron chi connectivity index (χ2n) is 8.35. The maximum Gasteiger partial charge on any atom is 1.00 e. The van der Waals surface area contributed by atoms with Crippen molar-refractivity contribution in [1.29, 1.82) is 0 Å². The number of hydrogen-bond acceptors (Lipinski definition) is 4. The molecule has 0 radical (unpaired) electrons. The SMILES string of the molecule is CCCCCCCCCCCCCCCCCCC/C=C/C([O-])=NCCS(=O)(=O)O.[Na+]. The van der Waals surface area contributed by atoms with Crippen molar-refractivity contribution in [3.63, 3.8) is 0 Å². The summed E-state index contributed by atoms with van der Waals surface area (Å²) >= 11 is 0. The largest absolute Gasteiger partial charge is 1.00 e. The van der Waals surface area contributed by atoms with Crippen LogP contribution in [0, 0.1) is 0 Å². The molecule has 0 spiro atoms. The van der Waals surface area contributed by atoms with E-state index in [0.717, 1.165) is 12.8 Å². The topological polar surface area (TPSA) is 89.8 Å². The molecule has 0 amide bonds. The van der Waals surface area contributed by atoms with E-state index in [2.05, 4.69) is 11.9 Å². The van der Waals surface area contributed by atoms with Gasteiger partial charge in [-0.3, -0.25) is 9.55 Å². The molecule has 31 heavy (non-hydrogen) atoms. The van der Waals surface area contributed by atoms with Crippen LogP contribution in [-0.4, -0.2) is 31.2 Å². The van der Waals surface area contributed by atoms with Crippen LogP contribution in [0.4, 0.5) is 0 Å². The third kappa shape index (κ3) is 30.1. The van der Waals surface area contributed by atoms with Crippen molar-refractivity contribution >= 4 is 16.0 Å². The van der Waals surface area contributed by atoms with Crippen LogP contribution < -0.4 is 34.7 Å². The Morgan fingerprint density at radius 3 is 1.55 bits per heavy atom. The molecule has 178 valence electrons. The van der Waals surface area contributed by atoms with Crippen molar-refractivity contribution in [1.82, 2.24) is 0 Å². The van der Waals surface area contributed by atoms with Gasteiger partial charge in [0.25, 0.3) is 10.1 Å². The van der Waals surface area contributed by atoms with E-state index in [0.29, 0.717) is 0 Å². The minimum absolute atomic E-state index is 0. The summed E-state index contributed by atoms with van der Waals surface area (Å²) < 4.78 is 29.6. The van der Waals surface area contributed by atoms with Crippen LogP contribution in [0.5, 0.6) is 0 Å². The van der Waals surface area contributed by atoms with Gasteiger partial charge < -0.3 is 5.11 Å². The molecule has 5 nitrogen and oxygen atoms in total. The zero-order chi connectivity index (χ0) is 22.3. The Morgan fingerprint density at radius 2 is 1.16 bits per heavy atom. The molecule has 0 saturated heterocycles. The first-order valence-corrected chi connectivity index (χ1v) is 13.9. The zero-order valence-electron chi connectivity index (χ0n) is 20.3. The van der Waals surface area contributed by atoms with Crippen LogP contribution in [0.2, 0.25) is 0 Å². The molecule has 0 aromatic heterocycles. The van der Waals surface area contributed by atoms with Gasteiger partial charge in [0.15, 0.2) is 0 Å². The van der Waals surface area contributed by atoms with Crippen molar-refractivity contribution < 1.29 is 47.6 Å². The molecular formula is C24H46NNaO4S. The normalized spacial score (nSPS) is 12.4. The molecule has 0 aliphatic rings. The van der Waals surface area contributed by atoms with E-state index in [4.69, 9.17) is 4.55 Å². The minimum Gasteiger partial charge on any atom is -0.859 e. The standard InChI is InChI=1S/C24H47NO4S.Na/c1-2-3-4-5-6-7-8-9-10-11-12-13-14-15-16-17-18-19-20-21-24(26)25-22-23-30(27,28)29;/h20-21H,2-19,22-23H2,1H3,(H,25,26)(H,27,28,29);/q;+1/p-1/b21-20+;. The van der Waals surface area contributed by atoms with Crippen molar-refractivity contribution in [2.75, 3.05) is 12.3 Å². The molecule has 0 saturated carbocycles. The summed E-state index contributed by atoms with van der Waals surface area (Å²) in [7, 11) is -4.04. The summed E-state index contributed by atoms with van der Waals surface area (Å²) in [5.41, 5.74) is 0. The first kappa shape index (κ1) is 33.3. The summed E-state index contributed by atoms with van der Waals surface area (Å²) in [5.74, 6) is -0.947. The summed E-state index contributed by atoms with van der Waals surface area (Å²) in [5, 5.41) is 11.4. The third-order valence-corrected chi connectivity index (χ3v) is 6.05. The van der Waals surface area contributed by atoms with E-state index < -0.39 is 21.8 Å². The fourth-order valence-electron chi connectivity index (χ4n) is 3.50. The summed E-state index contributed by atoms with van der Waals surface area (Å²) in [4.78, 5) is 3.56. The van der Waals surface area contributed by atoms with Gasteiger partial charge in [0, 0.05) is 0 Å². The van der Waals surface area contributed by atoms with E-state index in [1.165, 1.54) is 109 Å². The maximum absolute atomic E-state index is 11.4. The third-order valence-electron chi connectivity index (χ3n) is 5.35. The molecule has 0 atom stereocenters. The second-order valence-corrected chi connectivity index (χ2v) is 9.93. The molecule has 0 fully saturated rings. The molecule has 0 aliphatic heterocycles. The van der Waals surface area contributed by atoms with Crippen LogP contribution in [0.25, 0.3) is 0 Å². The van der Waals surface area contributed by atoms with Gasteiger partial charge in [-0.2, -0.15) is 8.42 Å². The number of nitrogens with zero attached hydrogens (tertiary/aromatic N) is 1. The summed E-state index contributed by atoms with van der Waals surface area (Å²) in [6.45, 7) is 2.08. The van der Waals surface area contributed by atoms with Crippen LogP contribution in [-0.2, 0) is 10.1 Å². The van der Waals surface area contributed by atoms with Crippen molar-refractivity contribution in [3.8, 4) is 0 Å². The van der Waals surface area contributed by atoms with E-state index in [1.54, 1.807) is 6.08 Å². The average molecular weight is 468 g/mol. The van der Waals surface area contributed by atoms with Crippen LogP contribution in [0.15, 0.2) is 17.1 Å². The van der Waals surface area contributed by atoms with Gasteiger partial charge in [-0.05, 0) is 18.7 Å². The van der Waals surface area contributed by atoms with Gasteiger partial charge in [0.2, 0.25) is 0 Å². The van der Waals surface area contributed by atoms with E-state index in [-0.39, 0.29) is 36.1 Å². The second kappa shape index (κ2) is 24.8. The zero-order valence-corrected chi connectivity index (χ0v) is 23.1. The predicted molar refractivity (Wildman–Crippen MR) is 127 cm³/mol. The number of aliphatic imine (C=N–C) groups is 1. The molecule has 0 aromatic carbocycles. The van der Waals surface area contributed by atoms with Gasteiger partial charge in [-0.15, -0.1) is 0 Å². The van der Waals surface area contributed by atoms with Gasteiger partial charge in [0.1, 0.15) is 0 Å². The molecule has 0 heterocycles. The molecule has 0 bridgehead atoms. The van der Waals surface area contributed by atoms with Crippen molar-refractivity contribution in [2.24, 2.45) is 4.99 Å². The first-order chi connectivity index (χ1) is 14.5. The Balaban J connectivity index is 0. The number of rotatable bonds is 22. The Bertz CT molecular complexity index is 536. The minimum atomic E-state index is -4.04. The van der Waals surface area contributed by atoms with Crippen LogP contribution in [0.1, 0.15) is 122 Å². The fraction of sp³-hybridized carbons (Fsp3) is 0.875. The fourth-order valence-corrected chi connectivity index (χ4v) is 3.82.